The lowest BCUT2D eigenvalue weighted by atomic mass is 10.0. The van der Waals surface area contributed by atoms with Gasteiger partial charge in [0.25, 0.3) is 0 Å². The topological polar surface area (TPSA) is 88.5 Å². The Labute approximate surface area is 206 Å². The van der Waals surface area contributed by atoms with Gasteiger partial charge in [-0.05, 0) is 53.9 Å². The van der Waals surface area contributed by atoms with Gasteiger partial charge in [-0.3, -0.25) is 4.98 Å². The van der Waals surface area contributed by atoms with Crippen LogP contribution in [0, 0.1) is 5.82 Å². The van der Waals surface area contributed by atoms with Crippen LogP contribution in [-0.4, -0.2) is 45.1 Å². The second-order valence-electron chi connectivity index (χ2n) is 7.46. The first-order chi connectivity index (χ1) is 17.5. The number of carbonyl (C=O) groups is 1. The van der Waals surface area contributed by atoms with Crippen molar-refractivity contribution in [3.05, 3.63) is 89.5 Å². The predicted octanol–water partition coefficient (Wildman–Crippen LogP) is 5.02. The molecule has 0 amide bonds. The Hall–Kier alpha value is -4.66. The molecule has 0 aliphatic rings. The number of benzene rings is 3. The second kappa shape index (κ2) is 10.7. The number of pyridine rings is 1. The van der Waals surface area contributed by atoms with Crippen LogP contribution in [0.25, 0.3) is 10.8 Å². The Morgan fingerprint density at radius 2 is 1.47 bits per heavy atom. The summed E-state index contributed by atoms with van der Waals surface area (Å²) >= 11 is 0. The summed E-state index contributed by atoms with van der Waals surface area (Å²) in [7, 11) is 6.10. The lowest BCUT2D eigenvalue weighted by Crippen LogP contribution is -2.11. The van der Waals surface area contributed by atoms with Gasteiger partial charge in [0.05, 0.1) is 34.0 Å². The SMILES string of the molecule is COc1ccc(/C(=N\OC(=O)c2ccccc2F)c2nccc3cc(OC)c(OC)cc23)cc1OC. The zero-order chi connectivity index (χ0) is 25.7. The van der Waals surface area contributed by atoms with Gasteiger partial charge < -0.3 is 23.8 Å². The molecule has 0 aliphatic heterocycles. The number of halogens is 1. The first-order valence-corrected chi connectivity index (χ1v) is 10.8. The number of fused-ring (bicyclic) bond motifs is 1. The summed E-state index contributed by atoms with van der Waals surface area (Å²) in [4.78, 5) is 22.4. The number of carbonyl (C=O) groups excluding carboxylic acids is 1. The maximum atomic E-state index is 14.1. The van der Waals surface area contributed by atoms with E-state index in [0.29, 0.717) is 39.6 Å². The van der Waals surface area contributed by atoms with Crippen LogP contribution in [0.2, 0.25) is 0 Å². The molecule has 8 nitrogen and oxygen atoms in total. The molecule has 0 radical (unpaired) electrons. The number of aromatic nitrogens is 1. The van der Waals surface area contributed by atoms with Crippen LogP contribution in [0.15, 0.2) is 72.0 Å². The lowest BCUT2D eigenvalue weighted by molar-refractivity contribution is 0.0511. The van der Waals surface area contributed by atoms with Crippen LogP contribution in [0.4, 0.5) is 4.39 Å². The third-order valence-electron chi connectivity index (χ3n) is 5.46. The number of hydrogen-bond acceptors (Lipinski definition) is 8. The molecule has 0 N–H and O–H groups in total. The molecule has 4 rings (SSSR count). The van der Waals surface area contributed by atoms with Crippen molar-refractivity contribution in [1.29, 1.82) is 0 Å². The van der Waals surface area contributed by atoms with Crippen molar-refractivity contribution in [2.75, 3.05) is 28.4 Å². The van der Waals surface area contributed by atoms with Gasteiger partial charge >= 0.3 is 5.97 Å². The van der Waals surface area contributed by atoms with E-state index >= 15 is 0 Å². The number of nitrogens with zero attached hydrogens (tertiary/aromatic N) is 2. The van der Waals surface area contributed by atoms with Crippen LogP contribution in [-0.2, 0) is 4.84 Å². The number of ether oxygens (including phenoxy) is 4. The predicted molar refractivity (Wildman–Crippen MR) is 132 cm³/mol. The number of oxime groups is 1. The summed E-state index contributed by atoms with van der Waals surface area (Å²) in [6.07, 6.45) is 1.60. The summed E-state index contributed by atoms with van der Waals surface area (Å²) in [5.74, 6) is 0.284. The van der Waals surface area contributed by atoms with Gasteiger partial charge in [0, 0.05) is 17.1 Å². The van der Waals surface area contributed by atoms with Crippen molar-refractivity contribution >= 4 is 22.5 Å². The molecule has 0 aliphatic carbocycles. The minimum Gasteiger partial charge on any atom is -0.493 e. The van der Waals surface area contributed by atoms with E-state index in [2.05, 4.69) is 10.1 Å². The third-order valence-corrected chi connectivity index (χ3v) is 5.46. The summed E-state index contributed by atoms with van der Waals surface area (Å²) in [6, 6.07) is 15.9. The second-order valence-corrected chi connectivity index (χ2v) is 7.46. The summed E-state index contributed by atoms with van der Waals surface area (Å²) in [5.41, 5.74) is 0.870. The Balaban J connectivity index is 1.90. The van der Waals surface area contributed by atoms with Crippen LogP contribution in [0.1, 0.15) is 21.6 Å². The fourth-order valence-electron chi connectivity index (χ4n) is 3.67. The Morgan fingerprint density at radius 1 is 0.806 bits per heavy atom. The first kappa shape index (κ1) is 24.5. The van der Waals surface area contributed by atoms with E-state index in [0.717, 1.165) is 5.39 Å². The lowest BCUT2D eigenvalue weighted by Gasteiger charge is -2.14. The maximum absolute atomic E-state index is 14.1. The van der Waals surface area contributed by atoms with Gasteiger partial charge in [-0.2, -0.15) is 0 Å². The molecule has 0 unspecified atom stereocenters. The minimum atomic E-state index is -0.953. The Bertz CT molecular complexity index is 1450. The third kappa shape index (κ3) is 4.76. The quantitative estimate of drug-likeness (QED) is 0.195. The van der Waals surface area contributed by atoms with Crippen molar-refractivity contribution in [3.8, 4) is 23.0 Å². The standard InChI is InChI=1S/C27H23FN2O6/c1-32-21-10-9-17(14-22(21)33-2)25(30-36-27(31)18-7-5-6-8-20(18)28)26-19-15-24(35-4)23(34-3)13-16(19)11-12-29-26/h5-15H,1-4H3/b30-25+. The molecule has 36 heavy (non-hydrogen) atoms. The van der Waals surface area contributed by atoms with Gasteiger partial charge in [-0.15, -0.1) is 0 Å². The van der Waals surface area contributed by atoms with E-state index in [4.69, 9.17) is 23.8 Å². The number of methoxy groups -OCH3 is 4. The Kier molecular flexibility index (Phi) is 7.29. The summed E-state index contributed by atoms with van der Waals surface area (Å²) in [5, 5.41) is 5.57. The van der Waals surface area contributed by atoms with E-state index in [-0.39, 0.29) is 11.3 Å². The molecule has 0 atom stereocenters. The van der Waals surface area contributed by atoms with Crippen LogP contribution in [0.3, 0.4) is 0 Å². The van der Waals surface area contributed by atoms with E-state index in [1.165, 1.54) is 45.6 Å². The van der Waals surface area contributed by atoms with Gasteiger partial charge in [0.2, 0.25) is 0 Å². The highest BCUT2D eigenvalue weighted by atomic mass is 19.1. The van der Waals surface area contributed by atoms with E-state index < -0.39 is 11.8 Å². The molecule has 0 saturated heterocycles. The maximum Gasteiger partial charge on any atom is 0.368 e. The molecule has 0 saturated carbocycles. The van der Waals surface area contributed by atoms with Crippen molar-refractivity contribution in [2.24, 2.45) is 5.16 Å². The average Bonchev–Trinajstić information content (AvgIpc) is 2.92. The molecule has 0 spiro atoms. The smallest absolute Gasteiger partial charge is 0.368 e. The number of hydrogen-bond donors (Lipinski definition) is 0. The molecule has 1 aromatic heterocycles. The molecule has 184 valence electrons. The van der Waals surface area contributed by atoms with Crippen molar-refractivity contribution in [2.45, 2.75) is 0 Å². The molecule has 3 aromatic carbocycles. The van der Waals surface area contributed by atoms with Gasteiger partial charge in [-0.25, -0.2) is 9.18 Å². The molecule has 0 fully saturated rings. The molecule has 1 heterocycles. The largest absolute Gasteiger partial charge is 0.493 e. The fourth-order valence-corrected chi connectivity index (χ4v) is 3.67. The molecule has 0 bridgehead atoms. The zero-order valence-electron chi connectivity index (χ0n) is 20.1. The van der Waals surface area contributed by atoms with E-state index in [1.807, 2.05) is 0 Å². The zero-order valence-corrected chi connectivity index (χ0v) is 20.1. The number of rotatable bonds is 8. The van der Waals surface area contributed by atoms with Crippen molar-refractivity contribution in [3.63, 3.8) is 0 Å². The van der Waals surface area contributed by atoms with Gasteiger partial charge in [-0.1, -0.05) is 17.3 Å². The first-order valence-electron chi connectivity index (χ1n) is 10.8. The molecular weight excluding hydrogens is 467 g/mol. The average molecular weight is 490 g/mol. The van der Waals surface area contributed by atoms with E-state index in [1.54, 1.807) is 49.7 Å². The van der Waals surface area contributed by atoms with Crippen molar-refractivity contribution in [1.82, 2.24) is 4.98 Å². The Morgan fingerprint density at radius 3 is 2.17 bits per heavy atom. The van der Waals surface area contributed by atoms with E-state index in [9.17, 15) is 9.18 Å². The summed E-state index contributed by atoms with van der Waals surface area (Å²) < 4.78 is 35.8. The fraction of sp³-hybridized carbons (Fsp3) is 0.148. The highest BCUT2D eigenvalue weighted by Gasteiger charge is 2.20. The van der Waals surface area contributed by atoms with Crippen LogP contribution < -0.4 is 18.9 Å². The minimum absolute atomic E-state index is 0.207. The molecule has 9 heteroatoms. The highest BCUT2D eigenvalue weighted by molar-refractivity contribution is 6.18. The van der Waals surface area contributed by atoms with Gasteiger partial charge in [0.15, 0.2) is 23.0 Å². The van der Waals surface area contributed by atoms with Crippen LogP contribution >= 0.6 is 0 Å². The monoisotopic (exact) mass is 490 g/mol. The molecular formula is C27H23FN2O6. The highest BCUT2D eigenvalue weighted by Crippen LogP contribution is 2.35. The van der Waals surface area contributed by atoms with Gasteiger partial charge in [0.1, 0.15) is 17.2 Å². The molecule has 4 aromatic rings. The normalized spacial score (nSPS) is 11.2. The summed E-state index contributed by atoms with van der Waals surface area (Å²) in [6.45, 7) is 0. The van der Waals surface area contributed by atoms with Crippen LogP contribution in [0.5, 0.6) is 23.0 Å². The van der Waals surface area contributed by atoms with Crippen molar-refractivity contribution < 1.29 is 33.0 Å².